The third kappa shape index (κ3) is 5.72. The van der Waals surface area contributed by atoms with Crippen LogP contribution in [0.25, 0.3) is 0 Å². The molecule has 1 amide bonds. The molecule has 27 heavy (non-hydrogen) atoms. The van der Waals surface area contributed by atoms with Crippen LogP contribution < -0.4 is 0 Å². The fourth-order valence-electron chi connectivity index (χ4n) is 3.85. The zero-order valence-corrected chi connectivity index (χ0v) is 17.5. The van der Waals surface area contributed by atoms with E-state index >= 15 is 0 Å². The Kier molecular flexibility index (Phi) is 6.90. The summed E-state index contributed by atoms with van der Waals surface area (Å²) in [5, 5.41) is 0. The monoisotopic (exact) mass is 375 g/mol. The maximum atomic E-state index is 12.9. The topological polar surface area (TPSA) is 55.8 Å². The SMILES string of the molecule is CCOC(=O)CC1CCN(C(=O)OC(C)(C)C)[C@H](c2c(C)cccc2C)C1. The first-order chi connectivity index (χ1) is 12.6. The molecule has 1 aliphatic rings. The van der Waals surface area contributed by atoms with Crippen LogP contribution in [0.15, 0.2) is 18.2 Å². The lowest BCUT2D eigenvalue weighted by molar-refractivity contribution is -0.144. The lowest BCUT2D eigenvalue weighted by Crippen LogP contribution is -2.44. The fraction of sp³-hybridized carbons (Fsp3) is 0.636. The molecule has 2 rings (SSSR count). The molecule has 0 saturated carbocycles. The number of aryl methyl sites for hydroxylation is 2. The second-order valence-corrected chi connectivity index (χ2v) is 8.39. The first kappa shape index (κ1) is 21.3. The third-order valence-corrected chi connectivity index (χ3v) is 4.98. The molecule has 0 radical (unpaired) electrons. The predicted molar refractivity (Wildman–Crippen MR) is 106 cm³/mol. The van der Waals surface area contributed by atoms with Gasteiger partial charge in [0.15, 0.2) is 0 Å². The summed E-state index contributed by atoms with van der Waals surface area (Å²) in [5.74, 6) is 0.0419. The predicted octanol–water partition coefficient (Wildman–Crippen LogP) is 4.94. The summed E-state index contributed by atoms with van der Waals surface area (Å²) in [5.41, 5.74) is 2.94. The lowest BCUT2D eigenvalue weighted by atomic mass is 9.82. The standard InChI is InChI=1S/C22H33NO4/c1-7-26-19(24)14-17-11-12-23(21(25)27-22(4,5)6)18(13-17)20-15(2)9-8-10-16(20)3/h8-10,17-18H,7,11-14H2,1-6H3/t17?,18-/m0/s1. The Balaban J connectivity index is 2.29. The minimum atomic E-state index is -0.538. The van der Waals surface area contributed by atoms with Crippen LogP contribution in [0.2, 0.25) is 0 Å². The number of carbonyl (C=O) groups is 2. The highest BCUT2D eigenvalue weighted by Crippen LogP contribution is 2.39. The molecule has 150 valence electrons. The number of carbonyl (C=O) groups excluding carboxylic acids is 2. The van der Waals surface area contributed by atoms with E-state index in [0.717, 1.165) is 29.5 Å². The smallest absolute Gasteiger partial charge is 0.410 e. The molecule has 1 heterocycles. The van der Waals surface area contributed by atoms with E-state index in [9.17, 15) is 9.59 Å². The van der Waals surface area contributed by atoms with E-state index in [1.54, 1.807) is 0 Å². The Bertz CT molecular complexity index is 657. The summed E-state index contributed by atoms with van der Waals surface area (Å²) in [6.07, 6.45) is 1.63. The molecule has 1 saturated heterocycles. The number of piperidine rings is 1. The Labute approximate surface area is 163 Å². The van der Waals surface area contributed by atoms with Crippen molar-refractivity contribution in [3.63, 3.8) is 0 Å². The highest BCUT2D eigenvalue weighted by atomic mass is 16.6. The van der Waals surface area contributed by atoms with Crippen LogP contribution in [0.4, 0.5) is 4.79 Å². The second kappa shape index (κ2) is 8.77. The molecule has 1 aliphatic heterocycles. The van der Waals surface area contributed by atoms with Gasteiger partial charge in [-0.05, 0) is 77.0 Å². The molecule has 0 N–H and O–H groups in total. The Morgan fingerprint density at radius 2 is 1.81 bits per heavy atom. The number of nitrogens with zero attached hydrogens (tertiary/aromatic N) is 1. The van der Waals surface area contributed by atoms with Crippen molar-refractivity contribution in [3.05, 3.63) is 34.9 Å². The molecule has 1 fully saturated rings. The van der Waals surface area contributed by atoms with Crippen LogP contribution in [-0.4, -0.2) is 35.7 Å². The Morgan fingerprint density at radius 1 is 1.19 bits per heavy atom. The Hall–Kier alpha value is -2.04. The van der Waals surface area contributed by atoms with E-state index in [1.807, 2.05) is 38.7 Å². The average Bonchev–Trinajstić information content (AvgIpc) is 2.53. The summed E-state index contributed by atoms with van der Waals surface area (Å²) < 4.78 is 10.8. The highest BCUT2D eigenvalue weighted by molar-refractivity contribution is 5.71. The molecule has 0 aliphatic carbocycles. The van der Waals surface area contributed by atoms with Crippen LogP contribution in [0.1, 0.15) is 69.7 Å². The number of ether oxygens (including phenoxy) is 2. The zero-order valence-electron chi connectivity index (χ0n) is 17.5. The molecule has 0 spiro atoms. The van der Waals surface area contributed by atoms with Gasteiger partial charge in [0.2, 0.25) is 0 Å². The van der Waals surface area contributed by atoms with Crippen LogP contribution >= 0.6 is 0 Å². The molecular formula is C22H33NO4. The van der Waals surface area contributed by atoms with Crippen molar-refractivity contribution in [1.29, 1.82) is 0 Å². The molecule has 0 bridgehead atoms. The van der Waals surface area contributed by atoms with Crippen molar-refractivity contribution < 1.29 is 19.1 Å². The van der Waals surface area contributed by atoms with Crippen molar-refractivity contribution >= 4 is 12.1 Å². The molecule has 0 aromatic heterocycles. The number of amides is 1. The van der Waals surface area contributed by atoms with Crippen LogP contribution in [-0.2, 0) is 14.3 Å². The van der Waals surface area contributed by atoms with Gasteiger partial charge >= 0.3 is 12.1 Å². The van der Waals surface area contributed by atoms with Crippen molar-refractivity contribution in [2.24, 2.45) is 5.92 Å². The van der Waals surface area contributed by atoms with E-state index in [1.165, 1.54) is 0 Å². The van der Waals surface area contributed by atoms with E-state index < -0.39 is 5.60 Å². The van der Waals surface area contributed by atoms with Gasteiger partial charge in [-0.3, -0.25) is 4.79 Å². The van der Waals surface area contributed by atoms with E-state index in [4.69, 9.17) is 9.47 Å². The minimum Gasteiger partial charge on any atom is -0.466 e. The quantitative estimate of drug-likeness (QED) is 0.699. The average molecular weight is 376 g/mol. The minimum absolute atomic E-state index is 0.0887. The first-order valence-electron chi connectivity index (χ1n) is 9.83. The number of rotatable bonds is 4. The summed E-state index contributed by atoms with van der Waals surface area (Å²) >= 11 is 0. The highest BCUT2D eigenvalue weighted by Gasteiger charge is 2.37. The summed E-state index contributed by atoms with van der Waals surface area (Å²) in [6, 6.07) is 6.09. The van der Waals surface area contributed by atoms with Gasteiger partial charge in [-0.15, -0.1) is 0 Å². The number of benzene rings is 1. The van der Waals surface area contributed by atoms with Gasteiger partial charge in [-0.25, -0.2) is 4.79 Å². The van der Waals surface area contributed by atoms with Crippen molar-refractivity contribution in [1.82, 2.24) is 4.90 Å². The molecule has 1 aromatic carbocycles. The van der Waals surface area contributed by atoms with Gasteiger partial charge in [0.05, 0.1) is 12.6 Å². The molecule has 1 aromatic rings. The fourth-order valence-corrected chi connectivity index (χ4v) is 3.85. The number of likely N-dealkylation sites (tertiary alicyclic amines) is 1. The lowest BCUT2D eigenvalue weighted by Gasteiger charge is -2.41. The number of hydrogen-bond donors (Lipinski definition) is 0. The molecule has 5 nitrogen and oxygen atoms in total. The first-order valence-corrected chi connectivity index (χ1v) is 9.83. The van der Waals surface area contributed by atoms with Crippen LogP contribution in [0.3, 0.4) is 0 Å². The summed E-state index contributed by atoms with van der Waals surface area (Å²) in [7, 11) is 0. The zero-order chi connectivity index (χ0) is 20.2. The van der Waals surface area contributed by atoms with E-state index in [0.29, 0.717) is 19.6 Å². The summed E-state index contributed by atoms with van der Waals surface area (Å²) in [6.45, 7) is 12.6. The number of esters is 1. The molecular weight excluding hydrogens is 342 g/mol. The van der Waals surface area contributed by atoms with Gasteiger partial charge in [0.1, 0.15) is 5.60 Å². The molecule has 2 atom stereocenters. The van der Waals surface area contributed by atoms with Gasteiger partial charge in [0, 0.05) is 13.0 Å². The van der Waals surface area contributed by atoms with E-state index in [-0.39, 0.29) is 24.0 Å². The third-order valence-electron chi connectivity index (χ3n) is 4.98. The second-order valence-electron chi connectivity index (χ2n) is 8.39. The normalized spacial score (nSPS) is 20.3. The maximum absolute atomic E-state index is 12.9. The summed E-state index contributed by atoms with van der Waals surface area (Å²) in [4.78, 5) is 26.7. The van der Waals surface area contributed by atoms with Gasteiger partial charge in [0.25, 0.3) is 0 Å². The van der Waals surface area contributed by atoms with Gasteiger partial charge in [-0.1, -0.05) is 18.2 Å². The maximum Gasteiger partial charge on any atom is 0.410 e. The van der Waals surface area contributed by atoms with Gasteiger partial charge in [-0.2, -0.15) is 0 Å². The van der Waals surface area contributed by atoms with Crippen molar-refractivity contribution in [3.8, 4) is 0 Å². The Morgan fingerprint density at radius 3 is 2.37 bits per heavy atom. The molecule has 5 heteroatoms. The van der Waals surface area contributed by atoms with E-state index in [2.05, 4.69) is 26.0 Å². The van der Waals surface area contributed by atoms with Crippen molar-refractivity contribution in [2.75, 3.05) is 13.2 Å². The van der Waals surface area contributed by atoms with Gasteiger partial charge < -0.3 is 14.4 Å². The number of hydrogen-bond acceptors (Lipinski definition) is 4. The molecule has 1 unspecified atom stereocenters. The largest absolute Gasteiger partial charge is 0.466 e. The van der Waals surface area contributed by atoms with Crippen LogP contribution in [0, 0.1) is 19.8 Å². The van der Waals surface area contributed by atoms with Crippen molar-refractivity contribution in [2.45, 2.75) is 72.4 Å². The van der Waals surface area contributed by atoms with Crippen LogP contribution in [0.5, 0.6) is 0 Å².